The van der Waals surface area contributed by atoms with Crippen molar-refractivity contribution in [1.82, 2.24) is 14.9 Å². The van der Waals surface area contributed by atoms with Crippen molar-refractivity contribution >= 4 is 34.1 Å². The molecule has 202 valence electrons. The molecule has 1 aromatic heterocycles. The number of urea groups is 1. The van der Waals surface area contributed by atoms with Gasteiger partial charge in [0.15, 0.2) is 11.5 Å². The van der Waals surface area contributed by atoms with Crippen molar-refractivity contribution in [2.24, 2.45) is 0 Å². The zero-order chi connectivity index (χ0) is 27.4. The van der Waals surface area contributed by atoms with Crippen molar-refractivity contribution in [3.63, 3.8) is 0 Å². The third-order valence-electron chi connectivity index (χ3n) is 6.72. The highest BCUT2D eigenvalue weighted by atomic mass is 19.1. The molecule has 4 aromatic rings. The molecule has 0 atom stereocenters. The van der Waals surface area contributed by atoms with E-state index < -0.39 is 5.82 Å². The average Bonchev–Trinajstić information content (AvgIpc) is 2.95. The number of amides is 2. The maximum absolute atomic E-state index is 13.9. The summed E-state index contributed by atoms with van der Waals surface area (Å²) in [6, 6.07) is 15.4. The quantitative estimate of drug-likeness (QED) is 0.306. The summed E-state index contributed by atoms with van der Waals surface area (Å²) in [5.74, 6) is 2.18. The van der Waals surface area contributed by atoms with Crippen molar-refractivity contribution in [1.29, 1.82) is 0 Å². The molecule has 1 saturated heterocycles. The second kappa shape index (κ2) is 11.4. The number of aryl methyl sites for hydroxylation is 1. The Hall–Kier alpha value is -4.60. The standard InChI is InChI=1S/C29H30FN5O4/c1-18-14-19(33-28-21-15-26(37-2)27(38-3)16-24(21)31-17-32-28)8-9-25(18)39-20-10-12-35(13-11-20)29(36)34-23-7-5-4-6-22(23)30/h4-9,14-17,20H,10-13H2,1-3H3,(H,34,36)(H,31,32,33). The number of likely N-dealkylation sites (tertiary alicyclic amines) is 1. The number of aromatic nitrogens is 2. The smallest absolute Gasteiger partial charge is 0.321 e. The van der Waals surface area contributed by atoms with Gasteiger partial charge in [-0.3, -0.25) is 0 Å². The van der Waals surface area contributed by atoms with Gasteiger partial charge in [0.2, 0.25) is 0 Å². The highest BCUT2D eigenvalue weighted by Crippen LogP contribution is 2.35. The largest absolute Gasteiger partial charge is 0.493 e. The fourth-order valence-corrected chi connectivity index (χ4v) is 4.59. The van der Waals surface area contributed by atoms with Gasteiger partial charge in [0, 0.05) is 43.1 Å². The van der Waals surface area contributed by atoms with Gasteiger partial charge in [-0.15, -0.1) is 0 Å². The number of ether oxygens (including phenoxy) is 3. The predicted molar refractivity (Wildman–Crippen MR) is 148 cm³/mol. The topological polar surface area (TPSA) is 97.8 Å². The van der Waals surface area contributed by atoms with E-state index >= 15 is 0 Å². The molecule has 0 spiro atoms. The van der Waals surface area contributed by atoms with Gasteiger partial charge >= 0.3 is 6.03 Å². The number of para-hydroxylation sites is 1. The van der Waals surface area contributed by atoms with Crippen LogP contribution in [0.5, 0.6) is 17.2 Å². The van der Waals surface area contributed by atoms with Gasteiger partial charge in [0.1, 0.15) is 29.8 Å². The Kier molecular flexibility index (Phi) is 7.62. The van der Waals surface area contributed by atoms with E-state index in [0.29, 0.717) is 43.2 Å². The first-order valence-corrected chi connectivity index (χ1v) is 12.7. The number of carbonyl (C=O) groups is 1. The molecule has 1 fully saturated rings. The van der Waals surface area contributed by atoms with E-state index in [4.69, 9.17) is 14.2 Å². The Balaban J connectivity index is 1.21. The summed E-state index contributed by atoms with van der Waals surface area (Å²) in [5, 5.41) is 6.82. The van der Waals surface area contributed by atoms with Gasteiger partial charge in [-0.2, -0.15) is 0 Å². The van der Waals surface area contributed by atoms with Crippen molar-refractivity contribution < 1.29 is 23.4 Å². The zero-order valence-electron chi connectivity index (χ0n) is 22.0. The van der Waals surface area contributed by atoms with Crippen LogP contribution in [0.15, 0.2) is 60.9 Å². The van der Waals surface area contributed by atoms with Crippen molar-refractivity contribution in [2.45, 2.75) is 25.9 Å². The summed E-state index contributed by atoms with van der Waals surface area (Å²) < 4.78 is 31.0. The van der Waals surface area contributed by atoms with E-state index in [9.17, 15) is 9.18 Å². The molecule has 0 saturated carbocycles. The van der Waals surface area contributed by atoms with Crippen LogP contribution in [0.3, 0.4) is 0 Å². The molecule has 0 unspecified atom stereocenters. The number of carbonyl (C=O) groups excluding carboxylic acids is 1. The monoisotopic (exact) mass is 531 g/mol. The molecule has 0 radical (unpaired) electrons. The lowest BCUT2D eigenvalue weighted by molar-refractivity contribution is 0.115. The summed E-state index contributed by atoms with van der Waals surface area (Å²) in [5.41, 5.74) is 2.74. The van der Waals surface area contributed by atoms with Gasteiger partial charge in [-0.05, 0) is 48.9 Å². The first kappa shape index (κ1) is 26.0. The summed E-state index contributed by atoms with van der Waals surface area (Å²) in [6.07, 6.45) is 2.85. The van der Waals surface area contributed by atoms with Crippen LogP contribution >= 0.6 is 0 Å². The Morgan fingerprint density at radius 2 is 1.72 bits per heavy atom. The summed E-state index contributed by atoms with van der Waals surface area (Å²) in [7, 11) is 3.18. The lowest BCUT2D eigenvalue weighted by Gasteiger charge is -2.32. The molecular formula is C29H30FN5O4. The maximum Gasteiger partial charge on any atom is 0.321 e. The zero-order valence-corrected chi connectivity index (χ0v) is 22.0. The number of rotatable bonds is 7. The van der Waals surface area contributed by atoms with E-state index in [0.717, 1.165) is 27.9 Å². The lowest BCUT2D eigenvalue weighted by atomic mass is 10.1. The van der Waals surface area contributed by atoms with Crippen LogP contribution in [0.25, 0.3) is 10.9 Å². The molecule has 3 aromatic carbocycles. The Morgan fingerprint density at radius 1 is 0.974 bits per heavy atom. The van der Waals surface area contributed by atoms with Crippen LogP contribution in [0, 0.1) is 12.7 Å². The predicted octanol–water partition coefficient (Wildman–Crippen LogP) is 5.91. The minimum absolute atomic E-state index is 0.0201. The van der Waals surface area contributed by atoms with Crippen molar-refractivity contribution in [3.05, 3.63) is 72.3 Å². The molecule has 1 aliphatic rings. The number of nitrogens with zero attached hydrogens (tertiary/aromatic N) is 3. The molecular weight excluding hydrogens is 501 g/mol. The van der Waals surface area contributed by atoms with Gasteiger partial charge in [-0.25, -0.2) is 19.2 Å². The Labute approximate surface area is 225 Å². The Morgan fingerprint density at radius 3 is 2.44 bits per heavy atom. The molecule has 39 heavy (non-hydrogen) atoms. The van der Waals surface area contributed by atoms with Crippen LogP contribution < -0.4 is 24.8 Å². The van der Waals surface area contributed by atoms with E-state index in [1.165, 1.54) is 12.4 Å². The molecule has 2 N–H and O–H groups in total. The van der Waals surface area contributed by atoms with E-state index in [-0.39, 0.29) is 17.8 Å². The number of fused-ring (bicyclic) bond motifs is 1. The minimum Gasteiger partial charge on any atom is -0.493 e. The number of anilines is 3. The molecule has 5 rings (SSSR count). The van der Waals surface area contributed by atoms with Gasteiger partial charge in [0.05, 0.1) is 25.4 Å². The van der Waals surface area contributed by atoms with Crippen LogP contribution in [0.1, 0.15) is 18.4 Å². The minimum atomic E-state index is -0.453. The van der Waals surface area contributed by atoms with Crippen LogP contribution in [0.2, 0.25) is 0 Å². The first-order chi connectivity index (χ1) is 18.9. The number of piperidine rings is 1. The highest BCUT2D eigenvalue weighted by Gasteiger charge is 2.25. The summed E-state index contributed by atoms with van der Waals surface area (Å²) in [6.45, 7) is 3.04. The molecule has 9 nitrogen and oxygen atoms in total. The number of nitrogens with one attached hydrogen (secondary N) is 2. The Bertz CT molecular complexity index is 1490. The van der Waals surface area contributed by atoms with Crippen LogP contribution in [-0.4, -0.2) is 54.3 Å². The van der Waals surface area contributed by atoms with Crippen LogP contribution in [-0.2, 0) is 0 Å². The fourth-order valence-electron chi connectivity index (χ4n) is 4.59. The van der Waals surface area contributed by atoms with Gasteiger partial charge in [-0.1, -0.05) is 12.1 Å². The van der Waals surface area contributed by atoms with Gasteiger partial charge in [0.25, 0.3) is 0 Å². The number of methoxy groups -OCH3 is 2. The number of halogens is 1. The number of benzene rings is 3. The normalized spacial score (nSPS) is 13.7. The van der Waals surface area contributed by atoms with E-state index in [2.05, 4.69) is 20.6 Å². The van der Waals surface area contributed by atoms with E-state index in [1.54, 1.807) is 37.3 Å². The first-order valence-electron chi connectivity index (χ1n) is 12.7. The van der Waals surface area contributed by atoms with Crippen LogP contribution in [0.4, 0.5) is 26.4 Å². The molecule has 10 heteroatoms. The average molecular weight is 532 g/mol. The maximum atomic E-state index is 13.9. The molecule has 0 bridgehead atoms. The fraction of sp³-hybridized carbons (Fsp3) is 0.276. The molecule has 2 heterocycles. The summed E-state index contributed by atoms with van der Waals surface area (Å²) >= 11 is 0. The second-order valence-electron chi connectivity index (χ2n) is 9.27. The number of hydrogen-bond acceptors (Lipinski definition) is 7. The lowest BCUT2D eigenvalue weighted by Crippen LogP contribution is -2.43. The molecule has 1 aliphatic heterocycles. The van der Waals surface area contributed by atoms with E-state index in [1.807, 2.05) is 37.3 Å². The molecule has 2 amide bonds. The third-order valence-corrected chi connectivity index (χ3v) is 6.72. The summed E-state index contributed by atoms with van der Waals surface area (Å²) in [4.78, 5) is 23.0. The van der Waals surface area contributed by atoms with Gasteiger partial charge < -0.3 is 29.7 Å². The third kappa shape index (κ3) is 5.79. The SMILES string of the molecule is COc1cc2ncnc(Nc3ccc(OC4CCN(C(=O)Nc5ccccc5F)CC4)c(C)c3)c2cc1OC. The number of hydrogen-bond donors (Lipinski definition) is 2. The van der Waals surface area contributed by atoms with Crippen molar-refractivity contribution in [3.8, 4) is 17.2 Å². The second-order valence-corrected chi connectivity index (χ2v) is 9.27. The van der Waals surface area contributed by atoms with Crippen molar-refractivity contribution in [2.75, 3.05) is 37.9 Å². The molecule has 0 aliphatic carbocycles. The highest BCUT2D eigenvalue weighted by molar-refractivity contribution is 5.93.